The molecule has 0 aliphatic rings. The molecular weight excluding hydrogens is 237 g/mol. The van der Waals surface area contributed by atoms with Crippen LogP contribution >= 0.6 is 23.0 Å². The van der Waals surface area contributed by atoms with Crippen molar-refractivity contribution in [3.63, 3.8) is 0 Å². The first-order valence-corrected chi connectivity index (χ1v) is 3.05. The maximum Gasteiger partial charge on any atom is 0.268 e. The molecule has 1 rings (SSSR count). The van der Waals surface area contributed by atoms with Crippen LogP contribution in [0.2, 0.25) is 0 Å². The predicted molar refractivity (Wildman–Crippen MR) is 37.0 cm³/mol. The Hall–Kier alpha value is -0.370. The Bertz CT molecular complexity index is 170. The lowest BCUT2D eigenvalue weighted by atomic mass is 10.5. The number of hydrogen-bond donors (Lipinski definition) is 2. The number of aromatic amines is 1. The van der Waals surface area contributed by atoms with E-state index in [2.05, 4.69) is 18.5 Å². The first-order chi connectivity index (χ1) is 4.38. The largest absolute Gasteiger partial charge is 0.404 e. The fourth-order valence-electron chi connectivity index (χ4n) is 0.408. The van der Waals surface area contributed by atoms with Gasteiger partial charge in [-0.3, -0.25) is 0 Å². The normalized spacial score (nSPS) is 9.56. The summed E-state index contributed by atoms with van der Waals surface area (Å²) in [5.41, 5.74) is 0.421. The van der Waals surface area contributed by atoms with Crippen LogP contribution in [0.3, 0.4) is 0 Å². The van der Waals surface area contributed by atoms with Crippen LogP contribution in [0.15, 0.2) is 0 Å². The molecule has 0 aliphatic heterocycles. The molecular formula is C3H4IN3O2. The van der Waals surface area contributed by atoms with E-state index in [9.17, 15) is 0 Å². The highest BCUT2D eigenvalue weighted by atomic mass is 127. The van der Waals surface area contributed by atoms with E-state index in [-0.39, 0.29) is 6.61 Å². The standard InChI is InChI=1S/C3H4IN3O2/c4-9-3-2(1-8)5-7-6-3/h8H,1H2,(H,5,6,7). The van der Waals surface area contributed by atoms with Crippen LogP contribution in [0, 0.1) is 0 Å². The molecule has 0 saturated heterocycles. The smallest absolute Gasteiger partial charge is 0.268 e. The summed E-state index contributed by atoms with van der Waals surface area (Å²) in [6.07, 6.45) is 0. The Morgan fingerprint density at radius 3 is 2.89 bits per heavy atom. The summed E-state index contributed by atoms with van der Waals surface area (Å²) in [6, 6.07) is 0. The Balaban J connectivity index is 2.85. The molecule has 0 fully saturated rings. The van der Waals surface area contributed by atoms with Crippen molar-refractivity contribution in [1.29, 1.82) is 0 Å². The van der Waals surface area contributed by atoms with Crippen molar-refractivity contribution in [1.82, 2.24) is 15.4 Å². The van der Waals surface area contributed by atoms with Gasteiger partial charge in [0.1, 0.15) is 0 Å². The van der Waals surface area contributed by atoms with Crippen molar-refractivity contribution in [2.45, 2.75) is 6.61 Å². The van der Waals surface area contributed by atoms with E-state index in [4.69, 9.17) is 5.11 Å². The minimum absolute atomic E-state index is 0.158. The maximum atomic E-state index is 8.53. The van der Waals surface area contributed by atoms with Crippen LogP contribution in [0.1, 0.15) is 5.69 Å². The number of H-pyrrole nitrogens is 1. The monoisotopic (exact) mass is 241 g/mol. The number of nitrogens with zero attached hydrogens (tertiary/aromatic N) is 2. The number of halogens is 1. The third-order valence-electron chi connectivity index (χ3n) is 0.806. The lowest BCUT2D eigenvalue weighted by molar-refractivity contribution is 0.274. The molecule has 0 aliphatic carbocycles. The van der Waals surface area contributed by atoms with Gasteiger partial charge in [0.05, 0.1) is 6.61 Å². The van der Waals surface area contributed by atoms with E-state index >= 15 is 0 Å². The topological polar surface area (TPSA) is 71.0 Å². The van der Waals surface area contributed by atoms with Crippen LogP contribution < -0.4 is 3.07 Å². The molecule has 0 atom stereocenters. The van der Waals surface area contributed by atoms with Crippen LogP contribution in [-0.2, 0) is 6.61 Å². The SMILES string of the molecule is OCc1n[nH]nc1OI. The average Bonchev–Trinajstić information content (AvgIpc) is 2.33. The summed E-state index contributed by atoms with van der Waals surface area (Å²) in [5, 5.41) is 18.0. The van der Waals surface area contributed by atoms with Gasteiger partial charge in [-0.1, -0.05) is 0 Å². The first-order valence-electron chi connectivity index (χ1n) is 2.17. The van der Waals surface area contributed by atoms with Gasteiger partial charge in [0, 0.05) is 0 Å². The Labute approximate surface area is 65.1 Å². The summed E-state index contributed by atoms with van der Waals surface area (Å²) in [6.45, 7) is -0.158. The van der Waals surface area contributed by atoms with Crippen LogP contribution in [0.5, 0.6) is 5.88 Å². The van der Waals surface area contributed by atoms with Crippen LogP contribution in [0.4, 0.5) is 0 Å². The summed E-state index contributed by atoms with van der Waals surface area (Å²) in [7, 11) is 0. The summed E-state index contributed by atoms with van der Waals surface area (Å²) in [5.74, 6) is 0.332. The molecule has 0 spiro atoms. The lowest BCUT2D eigenvalue weighted by Crippen LogP contribution is -1.85. The highest BCUT2D eigenvalue weighted by Gasteiger charge is 2.04. The zero-order chi connectivity index (χ0) is 6.69. The van der Waals surface area contributed by atoms with E-state index < -0.39 is 0 Å². The summed E-state index contributed by atoms with van der Waals surface area (Å²) >= 11 is 1.67. The van der Waals surface area contributed by atoms with E-state index in [1.54, 1.807) is 23.0 Å². The zero-order valence-corrected chi connectivity index (χ0v) is 6.49. The summed E-state index contributed by atoms with van der Waals surface area (Å²) < 4.78 is 4.68. The lowest BCUT2D eigenvalue weighted by Gasteiger charge is -1.88. The molecule has 1 heterocycles. The Kier molecular flexibility index (Phi) is 2.22. The van der Waals surface area contributed by atoms with Crippen molar-refractivity contribution in [3.05, 3.63) is 5.69 Å². The van der Waals surface area contributed by atoms with Crippen LogP contribution in [-0.4, -0.2) is 20.5 Å². The predicted octanol–water partition coefficient (Wildman–Crippen LogP) is 0.0258. The molecule has 0 aromatic carbocycles. The van der Waals surface area contributed by atoms with Gasteiger partial charge in [0.2, 0.25) is 0 Å². The van der Waals surface area contributed by atoms with Crippen molar-refractivity contribution in [2.75, 3.05) is 0 Å². The van der Waals surface area contributed by atoms with E-state index in [1.807, 2.05) is 0 Å². The molecule has 5 nitrogen and oxygen atoms in total. The van der Waals surface area contributed by atoms with E-state index in [0.717, 1.165) is 0 Å². The van der Waals surface area contributed by atoms with Crippen molar-refractivity contribution < 1.29 is 8.17 Å². The minimum Gasteiger partial charge on any atom is -0.404 e. The van der Waals surface area contributed by atoms with E-state index in [0.29, 0.717) is 11.6 Å². The second kappa shape index (κ2) is 2.97. The van der Waals surface area contributed by atoms with Gasteiger partial charge < -0.3 is 8.17 Å². The van der Waals surface area contributed by atoms with Gasteiger partial charge in [-0.2, -0.15) is 10.3 Å². The number of rotatable bonds is 2. The zero-order valence-electron chi connectivity index (χ0n) is 4.33. The molecule has 0 unspecified atom stereocenters. The molecule has 50 valence electrons. The van der Waals surface area contributed by atoms with Gasteiger partial charge in [-0.15, -0.1) is 5.10 Å². The number of hydrogen-bond acceptors (Lipinski definition) is 4. The average molecular weight is 241 g/mol. The molecule has 0 amide bonds. The van der Waals surface area contributed by atoms with Crippen molar-refractivity contribution in [3.8, 4) is 5.88 Å². The number of aliphatic hydroxyl groups is 1. The summed E-state index contributed by atoms with van der Waals surface area (Å²) in [4.78, 5) is 0. The number of aromatic nitrogens is 3. The minimum atomic E-state index is -0.158. The van der Waals surface area contributed by atoms with Gasteiger partial charge >= 0.3 is 0 Å². The first kappa shape index (κ1) is 6.75. The quantitative estimate of drug-likeness (QED) is 0.716. The van der Waals surface area contributed by atoms with Crippen molar-refractivity contribution >= 4 is 23.0 Å². The Morgan fingerprint density at radius 1 is 1.67 bits per heavy atom. The van der Waals surface area contributed by atoms with Gasteiger partial charge in [-0.25, -0.2) is 0 Å². The third-order valence-corrected chi connectivity index (χ3v) is 1.22. The van der Waals surface area contributed by atoms with Crippen LogP contribution in [0.25, 0.3) is 0 Å². The highest BCUT2D eigenvalue weighted by molar-refractivity contribution is 14.1. The van der Waals surface area contributed by atoms with Gasteiger partial charge in [-0.05, 0) is 0 Å². The Morgan fingerprint density at radius 2 is 2.44 bits per heavy atom. The number of nitrogens with one attached hydrogen (secondary N) is 1. The molecule has 6 heteroatoms. The molecule has 1 aromatic heterocycles. The van der Waals surface area contributed by atoms with Gasteiger partial charge in [0.25, 0.3) is 5.88 Å². The molecule has 0 saturated carbocycles. The van der Waals surface area contributed by atoms with Gasteiger partial charge in [0.15, 0.2) is 28.7 Å². The molecule has 0 bridgehead atoms. The third kappa shape index (κ3) is 1.30. The highest BCUT2D eigenvalue weighted by Crippen LogP contribution is 2.12. The molecule has 2 N–H and O–H groups in total. The van der Waals surface area contributed by atoms with Crippen molar-refractivity contribution in [2.24, 2.45) is 0 Å². The second-order valence-electron chi connectivity index (χ2n) is 1.31. The fraction of sp³-hybridized carbons (Fsp3) is 0.333. The maximum absolute atomic E-state index is 8.53. The molecule has 1 aromatic rings. The van der Waals surface area contributed by atoms with E-state index in [1.165, 1.54) is 0 Å². The molecule has 0 radical (unpaired) electrons. The second-order valence-corrected chi connectivity index (χ2v) is 1.75. The fourth-order valence-corrected chi connectivity index (χ4v) is 0.761. The number of aliphatic hydroxyl groups excluding tert-OH is 1. The molecule has 9 heavy (non-hydrogen) atoms.